The summed E-state index contributed by atoms with van der Waals surface area (Å²) in [6, 6.07) is 10.8. The number of piperidine rings is 2. The van der Waals surface area contributed by atoms with Gasteiger partial charge in [-0.2, -0.15) is 0 Å². The van der Waals surface area contributed by atoms with Crippen molar-refractivity contribution in [1.82, 2.24) is 15.5 Å². The summed E-state index contributed by atoms with van der Waals surface area (Å²) >= 11 is 3.61. The topological polar surface area (TPSA) is 39.7 Å². The second-order valence-electron chi connectivity index (χ2n) is 8.43. The Morgan fingerprint density at radius 3 is 2.62 bits per heavy atom. The molecule has 5 heteroatoms. The van der Waals surface area contributed by atoms with Gasteiger partial charge >= 0.3 is 0 Å². The zero-order chi connectivity index (χ0) is 18.1. The van der Waals surface area contributed by atoms with E-state index < -0.39 is 0 Å². The Bertz CT molecular complexity index is 656. The van der Waals surface area contributed by atoms with Crippen LogP contribution in [0.2, 0.25) is 0 Å². The number of fused-ring (bicyclic) bond motifs is 2. The van der Waals surface area contributed by atoms with Gasteiger partial charge < -0.3 is 15.5 Å². The Balaban J connectivity index is 1.34. The zero-order valence-corrected chi connectivity index (χ0v) is 17.6. The molecule has 2 bridgehead atoms. The minimum Gasteiger partial charge on any atom is -0.356 e. The Kier molecular flexibility index (Phi) is 5.29. The van der Waals surface area contributed by atoms with E-state index in [4.69, 9.17) is 0 Å². The van der Waals surface area contributed by atoms with Gasteiger partial charge in [-0.3, -0.25) is 4.99 Å². The van der Waals surface area contributed by atoms with Crippen molar-refractivity contribution in [2.24, 2.45) is 4.99 Å². The van der Waals surface area contributed by atoms with Gasteiger partial charge in [-0.1, -0.05) is 34.5 Å². The first kappa shape index (κ1) is 18.3. The van der Waals surface area contributed by atoms with Crippen LogP contribution in [-0.4, -0.2) is 49.6 Å². The lowest BCUT2D eigenvalue weighted by Crippen LogP contribution is -2.57. The molecule has 1 aromatic carbocycles. The number of benzene rings is 1. The van der Waals surface area contributed by atoms with E-state index in [1.54, 1.807) is 0 Å². The van der Waals surface area contributed by atoms with Crippen LogP contribution in [0.1, 0.15) is 50.5 Å². The van der Waals surface area contributed by atoms with Crippen LogP contribution in [0.25, 0.3) is 0 Å². The lowest BCUT2D eigenvalue weighted by molar-refractivity contribution is 0.0526. The van der Waals surface area contributed by atoms with Gasteiger partial charge in [0.1, 0.15) is 0 Å². The molecular weight excluding hydrogens is 388 g/mol. The molecule has 1 aliphatic carbocycles. The summed E-state index contributed by atoms with van der Waals surface area (Å²) in [7, 11) is 4.20. The maximum atomic E-state index is 4.51. The number of hydrogen-bond donors (Lipinski definition) is 2. The van der Waals surface area contributed by atoms with E-state index in [9.17, 15) is 0 Å². The van der Waals surface area contributed by atoms with E-state index >= 15 is 0 Å². The molecule has 0 radical (unpaired) electrons. The first-order chi connectivity index (χ1) is 12.6. The van der Waals surface area contributed by atoms with Crippen LogP contribution in [0.5, 0.6) is 0 Å². The summed E-state index contributed by atoms with van der Waals surface area (Å²) < 4.78 is 1.17. The molecule has 26 heavy (non-hydrogen) atoms. The number of guanidine groups is 1. The SMILES string of the molecule is CN=C(NCC1(c2cccc(Br)c2)CC1)NC1CC2CCCC(C1)N2C. The number of nitrogens with one attached hydrogen (secondary N) is 2. The van der Waals surface area contributed by atoms with Crippen molar-refractivity contribution in [1.29, 1.82) is 0 Å². The van der Waals surface area contributed by atoms with Gasteiger partial charge in [0.2, 0.25) is 0 Å². The van der Waals surface area contributed by atoms with Crippen molar-refractivity contribution in [3.63, 3.8) is 0 Å². The van der Waals surface area contributed by atoms with Crippen molar-refractivity contribution in [2.75, 3.05) is 20.6 Å². The predicted octanol–water partition coefficient (Wildman–Crippen LogP) is 3.66. The minimum atomic E-state index is 0.282. The van der Waals surface area contributed by atoms with Gasteiger partial charge in [0.25, 0.3) is 0 Å². The molecule has 0 amide bonds. The minimum absolute atomic E-state index is 0.282. The van der Waals surface area contributed by atoms with Gasteiger partial charge in [0.05, 0.1) is 0 Å². The van der Waals surface area contributed by atoms with Crippen molar-refractivity contribution >= 4 is 21.9 Å². The molecule has 2 saturated heterocycles. The van der Waals surface area contributed by atoms with Gasteiger partial charge in [-0.15, -0.1) is 0 Å². The van der Waals surface area contributed by atoms with Crippen LogP contribution in [0.3, 0.4) is 0 Å². The quantitative estimate of drug-likeness (QED) is 0.578. The Hall–Kier alpha value is -1.07. The van der Waals surface area contributed by atoms with E-state index in [2.05, 4.69) is 67.8 Å². The van der Waals surface area contributed by atoms with Crippen LogP contribution >= 0.6 is 15.9 Å². The van der Waals surface area contributed by atoms with E-state index in [-0.39, 0.29) is 5.41 Å². The molecule has 4 nitrogen and oxygen atoms in total. The van der Waals surface area contributed by atoms with Crippen LogP contribution < -0.4 is 10.6 Å². The second kappa shape index (κ2) is 7.51. The fourth-order valence-electron chi connectivity index (χ4n) is 4.91. The number of hydrogen-bond acceptors (Lipinski definition) is 2. The molecule has 2 unspecified atom stereocenters. The van der Waals surface area contributed by atoms with Crippen molar-refractivity contribution in [2.45, 2.75) is 68.5 Å². The standard InChI is InChI=1S/C21H31BrN4/c1-23-20(25-17-12-18-7-4-8-19(13-17)26(18)2)24-14-21(9-10-21)15-5-3-6-16(22)11-15/h3,5-6,11,17-19H,4,7-10,12-14H2,1-2H3,(H2,23,24,25). The van der Waals surface area contributed by atoms with E-state index in [0.717, 1.165) is 24.6 Å². The van der Waals surface area contributed by atoms with Gasteiger partial charge in [-0.05, 0) is 63.3 Å². The molecule has 4 rings (SSSR count). The third kappa shape index (κ3) is 3.79. The third-order valence-corrected chi connectivity index (χ3v) is 7.28. The van der Waals surface area contributed by atoms with Gasteiger partial charge in [-0.25, -0.2) is 0 Å². The molecule has 1 saturated carbocycles. The normalized spacial score (nSPS) is 30.7. The number of halogens is 1. The Labute approximate surface area is 166 Å². The number of aliphatic imine (C=N–C) groups is 1. The highest BCUT2D eigenvalue weighted by molar-refractivity contribution is 9.10. The smallest absolute Gasteiger partial charge is 0.191 e. The fourth-order valence-corrected chi connectivity index (χ4v) is 5.31. The highest BCUT2D eigenvalue weighted by Crippen LogP contribution is 2.48. The lowest BCUT2D eigenvalue weighted by Gasteiger charge is -2.47. The molecular formula is C21H31BrN4. The van der Waals surface area contributed by atoms with Crippen molar-refractivity contribution in [3.05, 3.63) is 34.3 Å². The molecule has 1 aromatic rings. The molecule has 142 valence electrons. The Morgan fingerprint density at radius 2 is 2.00 bits per heavy atom. The molecule has 0 aromatic heterocycles. The third-order valence-electron chi connectivity index (χ3n) is 6.79. The average molecular weight is 419 g/mol. The van der Waals surface area contributed by atoms with E-state index in [1.165, 1.54) is 55.0 Å². The highest BCUT2D eigenvalue weighted by atomic mass is 79.9. The summed E-state index contributed by atoms with van der Waals surface area (Å²) in [6.07, 6.45) is 9.09. The summed E-state index contributed by atoms with van der Waals surface area (Å²) in [5.74, 6) is 0.971. The summed E-state index contributed by atoms with van der Waals surface area (Å²) in [6.45, 7) is 0.961. The molecule has 2 heterocycles. The largest absolute Gasteiger partial charge is 0.356 e. The summed E-state index contributed by atoms with van der Waals surface area (Å²) in [5.41, 5.74) is 1.72. The Morgan fingerprint density at radius 1 is 1.27 bits per heavy atom. The first-order valence-electron chi connectivity index (χ1n) is 10.0. The van der Waals surface area contributed by atoms with Gasteiger partial charge in [0.15, 0.2) is 5.96 Å². The molecule has 2 N–H and O–H groups in total. The van der Waals surface area contributed by atoms with Crippen LogP contribution in [0.15, 0.2) is 33.7 Å². The number of nitrogens with zero attached hydrogens (tertiary/aromatic N) is 2. The highest BCUT2D eigenvalue weighted by Gasteiger charge is 2.44. The molecule has 3 aliphatic rings. The van der Waals surface area contributed by atoms with Crippen molar-refractivity contribution < 1.29 is 0 Å². The van der Waals surface area contributed by atoms with Crippen LogP contribution in [-0.2, 0) is 5.41 Å². The summed E-state index contributed by atoms with van der Waals surface area (Å²) in [5, 5.41) is 7.35. The monoisotopic (exact) mass is 418 g/mol. The molecule has 0 spiro atoms. The average Bonchev–Trinajstić information content (AvgIpc) is 3.40. The van der Waals surface area contributed by atoms with E-state index in [0.29, 0.717) is 6.04 Å². The van der Waals surface area contributed by atoms with Crippen LogP contribution in [0.4, 0.5) is 0 Å². The molecule has 2 aliphatic heterocycles. The fraction of sp³-hybridized carbons (Fsp3) is 0.667. The maximum Gasteiger partial charge on any atom is 0.191 e. The second-order valence-corrected chi connectivity index (χ2v) is 9.35. The van der Waals surface area contributed by atoms with E-state index in [1.807, 2.05) is 7.05 Å². The van der Waals surface area contributed by atoms with Gasteiger partial charge in [0, 0.05) is 41.6 Å². The molecule has 2 atom stereocenters. The van der Waals surface area contributed by atoms with Crippen molar-refractivity contribution in [3.8, 4) is 0 Å². The predicted molar refractivity (Wildman–Crippen MR) is 112 cm³/mol. The zero-order valence-electron chi connectivity index (χ0n) is 16.0. The number of rotatable bonds is 4. The summed E-state index contributed by atoms with van der Waals surface area (Å²) in [4.78, 5) is 7.12. The molecule has 3 fully saturated rings. The van der Waals surface area contributed by atoms with Crippen LogP contribution in [0, 0.1) is 0 Å². The maximum absolute atomic E-state index is 4.51. The lowest BCUT2D eigenvalue weighted by atomic mass is 9.82. The first-order valence-corrected chi connectivity index (χ1v) is 10.8.